The maximum absolute atomic E-state index is 5.49. The van der Waals surface area contributed by atoms with Crippen LogP contribution in [0.2, 0.25) is 0 Å². The molecule has 4 heteroatoms. The summed E-state index contributed by atoms with van der Waals surface area (Å²) in [5.74, 6) is 0.640. The molecule has 2 N–H and O–H groups in total. The van der Waals surface area contributed by atoms with Crippen molar-refractivity contribution in [2.45, 2.75) is 12.8 Å². The monoisotopic (exact) mass is 257 g/mol. The molecule has 2 heterocycles. The van der Waals surface area contributed by atoms with Gasteiger partial charge in [-0.15, -0.1) is 0 Å². The average molecular weight is 257 g/mol. The van der Waals surface area contributed by atoms with Gasteiger partial charge in [-0.2, -0.15) is 5.10 Å². The number of anilines is 1. The third-order valence-electron chi connectivity index (χ3n) is 3.55. The van der Waals surface area contributed by atoms with Crippen LogP contribution in [0.5, 0.6) is 0 Å². The average Bonchev–Trinajstić information content (AvgIpc) is 3.01. The Morgan fingerprint density at radius 1 is 1.26 bits per heavy atom. The molecule has 100 valence electrons. The maximum Gasteiger partial charge on any atom is 0.0650 e. The third kappa shape index (κ3) is 3.15. The smallest absolute Gasteiger partial charge is 0.0650 e. The van der Waals surface area contributed by atoms with Crippen molar-refractivity contribution in [2.24, 2.45) is 5.92 Å². The predicted octanol–water partition coefficient (Wildman–Crippen LogP) is 2.92. The van der Waals surface area contributed by atoms with E-state index in [0.29, 0.717) is 5.92 Å². The number of aromatic nitrogens is 2. The van der Waals surface area contributed by atoms with Crippen LogP contribution in [0.4, 0.5) is 5.69 Å². The van der Waals surface area contributed by atoms with Crippen LogP contribution in [0.15, 0.2) is 36.5 Å². The van der Waals surface area contributed by atoms with Gasteiger partial charge in [0.05, 0.1) is 12.3 Å². The lowest BCUT2D eigenvalue weighted by molar-refractivity contribution is 0.0595. The molecule has 0 saturated carbocycles. The summed E-state index contributed by atoms with van der Waals surface area (Å²) in [4.78, 5) is 0. The molecule has 1 fully saturated rings. The zero-order valence-corrected chi connectivity index (χ0v) is 10.9. The summed E-state index contributed by atoms with van der Waals surface area (Å²) in [6.45, 7) is 2.80. The van der Waals surface area contributed by atoms with Gasteiger partial charge in [-0.05, 0) is 42.5 Å². The van der Waals surface area contributed by atoms with E-state index < -0.39 is 0 Å². The van der Waals surface area contributed by atoms with Crippen LogP contribution in [-0.2, 0) is 4.74 Å². The van der Waals surface area contributed by atoms with Gasteiger partial charge >= 0.3 is 0 Å². The van der Waals surface area contributed by atoms with Crippen molar-refractivity contribution in [2.75, 3.05) is 25.1 Å². The van der Waals surface area contributed by atoms with Gasteiger partial charge in [0.2, 0.25) is 0 Å². The van der Waals surface area contributed by atoms with E-state index in [1.54, 1.807) is 6.20 Å². The lowest BCUT2D eigenvalue weighted by Crippen LogP contribution is -2.24. The first kappa shape index (κ1) is 12.2. The summed E-state index contributed by atoms with van der Waals surface area (Å²) in [6, 6.07) is 10.4. The van der Waals surface area contributed by atoms with Crippen LogP contribution >= 0.6 is 0 Å². The van der Waals surface area contributed by atoms with E-state index in [-0.39, 0.29) is 0 Å². The van der Waals surface area contributed by atoms with E-state index in [1.165, 1.54) is 12.8 Å². The molecule has 1 saturated heterocycles. The summed E-state index contributed by atoms with van der Waals surface area (Å²) < 4.78 is 5.49. The molecule has 1 aliphatic rings. The van der Waals surface area contributed by atoms with E-state index in [1.807, 2.05) is 6.07 Å². The molecule has 1 aliphatic heterocycles. The van der Waals surface area contributed by atoms with Gasteiger partial charge in [0.15, 0.2) is 0 Å². The summed E-state index contributed by atoms with van der Waals surface area (Å²) in [7, 11) is 0. The van der Waals surface area contributed by atoms with E-state index in [4.69, 9.17) is 4.74 Å². The number of nitrogens with zero attached hydrogens (tertiary/aromatic N) is 1. The summed E-state index contributed by atoms with van der Waals surface area (Å²) >= 11 is 0. The number of hydrogen-bond donors (Lipinski definition) is 2. The fourth-order valence-corrected chi connectivity index (χ4v) is 2.41. The lowest BCUT2D eigenvalue weighted by Gasteiger charge is -2.22. The van der Waals surface area contributed by atoms with E-state index in [9.17, 15) is 0 Å². The Morgan fingerprint density at radius 2 is 2.16 bits per heavy atom. The largest absolute Gasteiger partial charge is 0.385 e. The molecule has 19 heavy (non-hydrogen) atoms. The predicted molar refractivity (Wildman–Crippen MR) is 76.1 cm³/mol. The summed E-state index contributed by atoms with van der Waals surface area (Å²) in [6.07, 6.45) is 4.22. The minimum absolute atomic E-state index is 0.640. The van der Waals surface area contributed by atoms with Crippen LogP contribution in [0.1, 0.15) is 12.8 Å². The van der Waals surface area contributed by atoms with E-state index in [0.717, 1.165) is 36.7 Å². The molecule has 0 bridgehead atoms. The number of nitrogens with one attached hydrogen (secondary N) is 2. The van der Waals surface area contributed by atoms with Crippen molar-refractivity contribution in [1.29, 1.82) is 0 Å². The summed E-state index contributed by atoms with van der Waals surface area (Å²) in [5, 5.41) is 10.4. The lowest BCUT2D eigenvalue weighted by atomic mass is 10.0. The van der Waals surface area contributed by atoms with E-state index in [2.05, 4.69) is 39.8 Å². The quantitative estimate of drug-likeness (QED) is 0.885. The zero-order chi connectivity index (χ0) is 12.9. The van der Waals surface area contributed by atoms with Crippen LogP contribution in [0.25, 0.3) is 11.3 Å². The Labute approximate surface area is 113 Å². The van der Waals surface area contributed by atoms with Gasteiger partial charge in [-0.25, -0.2) is 0 Å². The normalized spacial score (nSPS) is 19.3. The Hall–Kier alpha value is -1.81. The van der Waals surface area contributed by atoms with Crippen molar-refractivity contribution < 1.29 is 4.74 Å². The molecule has 0 radical (unpaired) electrons. The van der Waals surface area contributed by atoms with Gasteiger partial charge in [-0.1, -0.05) is 12.1 Å². The highest BCUT2D eigenvalue weighted by Gasteiger charge is 2.13. The Morgan fingerprint density at radius 3 is 2.84 bits per heavy atom. The highest BCUT2D eigenvalue weighted by molar-refractivity contribution is 5.62. The minimum atomic E-state index is 0.640. The topological polar surface area (TPSA) is 49.9 Å². The second kappa shape index (κ2) is 5.89. The molecule has 1 aromatic carbocycles. The minimum Gasteiger partial charge on any atom is -0.385 e. The highest BCUT2D eigenvalue weighted by Crippen LogP contribution is 2.20. The van der Waals surface area contributed by atoms with Crippen molar-refractivity contribution in [3.63, 3.8) is 0 Å². The first-order valence-corrected chi connectivity index (χ1v) is 6.83. The number of rotatable bonds is 4. The Balaban J connectivity index is 1.57. The number of ether oxygens (including phenoxy) is 1. The van der Waals surface area contributed by atoms with Crippen molar-refractivity contribution in [3.05, 3.63) is 36.5 Å². The zero-order valence-electron chi connectivity index (χ0n) is 10.9. The van der Waals surface area contributed by atoms with E-state index >= 15 is 0 Å². The van der Waals surface area contributed by atoms with Crippen LogP contribution < -0.4 is 5.32 Å². The first-order chi connectivity index (χ1) is 9.42. The van der Waals surface area contributed by atoms with Gasteiger partial charge < -0.3 is 10.1 Å². The van der Waals surface area contributed by atoms with Crippen molar-refractivity contribution in [1.82, 2.24) is 10.2 Å². The molecule has 3 rings (SSSR count). The van der Waals surface area contributed by atoms with Crippen LogP contribution in [-0.4, -0.2) is 30.0 Å². The van der Waals surface area contributed by atoms with Crippen molar-refractivity contribution >= 4 is 5.69 Å². The molecule has 1 atom stereocenters. The second-order valence-corrected chi connectivity index (χ2v) is 5.01. The fraction of sp³-hybridized carbons (Fsp3) is 0.400. The van der Waals surface area contributed by atoms with Crippen LogP contribution in [0.3, 0.4) is 0 Å². The number of H-pyrrole nitrogens is 1. The second-order valence-electron chi connectivity index (χ2n) is 5.01. The highest BCUT2D eigenvalue weighted by atomic mass is 16.5. The van der Waals surface area contributed by atoms with Gasteiger partial charge in [0, 0.05) is 25.0 Å². The molecule has 4 nitrogen and oxygen atoms in total. The Bertz CT molecular complexity index is 487. The number of aromatic amines is 1. The fourth-order valence-electron chi connectivity index (χ4n) is 2.41. The molecule has 1 unspecified atom stereocenters. The number of benzene rings is 1. The van der Waals surface area contributed by atoms with Gasteiger partial charge in [-0.3, -0.25) is 5.10 Å². The Kier molecular flexibility index (Phi) is 3.79. The molecular weight excluding hydrogens is 238 g/mol. The van der Waals surface area contributed by atoms with Gasteiger partial charge in [0.1, 0.15) is 0 Å². The molecule has 2 aromatic rings. The van der Waals surface area contributed by atoms with Crippen molar-refractivity contribution in [3.8, 4) is 11.3 Å². The first-order valence-electron chi connectivity index (χ1n) is 6.83. The standard InChI is InChI=1S/C15H19N3O/c1-2-12(11-19-9-1)10-16-14-5-3-13(4-6-14)15-7-8-17-18-15/h3-8,12,16H,1-2,9-11H2,(H,17,18). The number of hydrogen-bond acceptors (Lipinski definition) is 3. The third-order valence-corrected chi connectivity index (χ3v) is 3.55. The van der Waals surface area contributed by atoms with Crippen LogP contribution in [0, 0.1) is 5.92 Å². The molecule has 0 aliphatic carbocycles. The molecule has 1 aromatic heterocycles. The molecule has 0 spiro atoms. The maximum atomic E-state index is 5.49. The molecule has 0 amide bonds. The molecular formula is C15H19N3O. The summed E-state index contributed by atoms with van der Waals surface area (Å²) in [5.41, 5.74) is 3.37. The van der Waals surface area contributed by atoms with Gasteiger partial charge in [0.25, 0.3) is 0 Å². The SMILES string of the molecule is c1cc(-c2ccc(NCC3CCCOC3)cc2)[nH]n1.